The van der Waals surface area contributed by atoms with Gasteiger partial charge in [0, 0.05) is 30.3 Å². The number of hydrogen-bond acceptors (Lipinski definition) is 3. The van der Waals surface area contributed by atoms with Gasteiger partial charge in [0.1, 0.15) is 12.4 Å². The third kappa shape index (κ3) is 2.61. The molecule has 1 unspecified atom stereocenters. The summed E-state index contributed by atoms with van der Waals surface area (Å²) in [6.07, 6.45) is 4.18. The molecule has 2 bridgehead atoms. The van der Waals surface area contributed by atoms with Crippen molar-refractivity contribution in [1.29, 1.82) is 0 Å². The van der Waals surface area contributed by atoms with Crippen molar-refractivity contribution in [2.24, 2.45) is 5.92 Å². The molecule has 22 heavy (non-hydrogen) atoms. The predicted octanol–water partition coefficient (Wildman–Crippen LogP) is 2.48. The van der Waals surface area contributed by atoms with Gasteiger partial charge in [-0.05, 0) is 49.6 Å². The van der Waals surface area contributed by atoms with Gasteiger partial charge in [-0.25, -0.2) is 0 Å². The van der Waals surface area contributed by atoms with Crippen LogP contribution in [-0.2, 0) is 0 Å². The van der Waals surface area contributed by atoms with Gasteiger partial charge in [0.05, 0.1) is 5.03 Å². The first kappa shape index (κ1) is 14.1. The maximum Gasteiger partial charge on any atom is 0.251 e. The molecule has 5 heteroatoms. The number of fused-ring (bicyclic) bond motifs is 3. The molecular weight excluding hydrogens is 300 g/mol. The minimum atomic E-state index is -0.0228. The van der Waals surface area contributed by atoms with Crippen molar-refractivity contribution < 1.29 is 9.53 Å². The van der Waals surface area contributed by atoms with Crippen LogP contribution in [-0.4, -0.2) is 43.1 Å². The van der Waals surface area contributed by atoms with Crippen molar-refractivity contribution in [2.45, 2.75) is 18.9 Å². The number of nitrogens with one attached hydrogen (secondary N) is 1. The number of nitrogens with zero attached hydrogens (tertiary/aromatic N) is 1. The van der Waals surface area contributed by atoms with Crippen LogP contribution < -0.4 is 10.1 Å². The summed E-state index contributed by atoms with van der Waals surface area (Å²) in [4.78, 5) is 14.9. The highest BCUT2D eigenvalue weighted by molar-refractivity contribution is 6.49. The van der Waals surface area contributed by atoms with Gasteiger partial charge in [0.15, 0.2) is 0 Å². The van der Waals surface area contributed by atoms with Gasteiger partial charge in [0.25, 0.3) is 5.91 Å². The van der Waals surface area contributed by atoms with E-state index in [0.29, 0.717) is 17.2 Å². The van der Waals surface area contributed by atoms with E-state index < -0.39 is 0 Å². The number of halogens is 1. The zero-order valence-electron chi connectivity index (χ0n) is 12.3. The fraction of sp³-hybridized carbons (Fsp3) is 0.471. The third-order valence-electron chi connectivity index (χ3n) is 4.80. The van der Waals surface area contributed by atoms with E-state index in [-0.39, 0.29) is 11.9 Å². The predicted molar refractivity (Wildman–Crippen MR) is 86.2 cm³/mol. The fourth-order valence-corrected chi connectivity index (χ4v) is 3.94. The lowest BCUT2D eigenvalue weighted by Crippen LogP contribution is -2.47. The second-order valence-electron chi connectivity index (χ2n) is 6.39. The van der Waals surface area contributed by atoms with E-state index in [0.717, 1.165) is 30.2 Å². The molecule has 0 radical (unpaired) electrons. The number of carbonyl (C=O) groups is 1. The molecule has 1 aromatic rings. The van der Waals surface area contributed by atoms with Crippen LogP contribution >= 0.6 is 11.6 Å². The molecule has 2 fully saturated rings. The van der Waals surface area contributed by atoms with Crippen LogP contribution in [0.1, 0.15) is 28.8 Å². The Morgan fingerprint density at radius 1 is 1.36 bits per heavy atom. The smallest absolute Gasteiger partial charge is 0.251 e. The largest absolute Gasteiger partial charge is 0.489 e. The Balaban J connectivity index is 1.49. The molecule has 0 aliphatic carbocycles. The summed E-state index contributed by atoms with van der Waals surface area (Å²) in [5.41, 5.74) is 1.44. The van der Waals surface area contributed by atoms with E-state index in [1.165, 1.54) is 19.5 Å². The van der Waals surface area contributed by atoms with Crippen LogP contribution in [0.4, 0.5) is 0 Å². The highest BCUT2D eigenvalue weighted by atomic mass is 35.5. The van der Waals surface area contributed by atoms with Gasteiger partial charge in [0.2, 0.25) is 0 Å². The zero-order valence-corrected chi connectivity index (χ0v) is 13.1. The Morgan fingerprint density at radius 3 is 3.14 bits per heavy atom. The molecule has 0 aromatic heterocycles. The standard InChI is InChI=1S/C17H19ClN2O2/c18-15-4-6-22-16-2-1-12(8-14(15)16)17(21)19-13-7-11-3-5-20(9-11)10-13/h1-2,4,8,11,13H,3,5-7,9-10H2,(H,19,21)/t11-,13+/m0/s1. The van der Waals surface area contributed by atoms with Crippen molar-refractivity contribution in [3.05, 3.63) is 35.4 Å². The van der Waals surface area contributed by atoms with E-state index >= 15 is 0 Å². The van der Waals surface area contributed by atoms with Gasteiger partial charge < -0.3 is 15.0 Å². The molecule has 1 N–H and O–H groups in total. The van der Waals surface area contributed by atoms with Gasteiger partial charge >= 0.3 is 0 Å². The van der Waals surface area contributed by atoms with Crippen molar-refractivity contribution in [3.63, 3.8) is 0 Å². The number of carbonyl (C=O) groups excluding carboxylic acids is 1. The van der Waals surface area contributed by atoms with E-state index in [4.69, 9.17) is 16.3 Å². The van der Waals surface area contributed by atoms with Crippen molar-refractivity contribution in [1.82, 2.24) is 10.2 Å². The number of hydrogen-bond donors (Lipinski definition) is 1. The van der Waals surface area contributed by atoms with Gasteiger partial charge in [-0.15, -0.1) is 0 Å². The lowest BCUT2D eigenvalue weighted by atomic mass is 9.96. The minimum Gasteiger partial charge on any atom is -0.489 e. The molecular formula is C17H19ClN2O2. The second kappa shape index (κ2) is 5.60. The van der Waals surface area contributed by atoms with Crippen molar-refractivity contribution in [3.8, 4) is 5.75 Å². The number of amides is 1. The van der Waals surface area contributed by atoms with Gasteiger partial charge in [-0.3, -0.25) is 4.79 Å². The van der Waals surface area contributed by atoms with Crippen LogP contribution in [0.3, 0.4) is 0 Å². The summed E-state index contributed by atoms with van der Waals surface area (Å²) in [5.74, 6) is 1.46. The Labute approximate surface area is 135 Å². The van der Waals surface area contributed by atoms with Gasteiger partial charge in [-0.1, -0.05) is 11.6 Å². The molecule has 1 aromatic carbocycles. The average Bonchev–Trinajstić information content (AvgIpc) is 2.86. The lowest BCUT2D eigenvalue weighted by molar-refractivity contribution is 0.0909. The SMILES string of the molecule is O=C(N[C@@H]1C[C@@H]2CCN(C2)C1)c1ccc2c(c1)C(Cl)=CCO2. The fourth-order valence-electron chi connectivity index (χ4n) is 3.73. The van der Waals surface area contributed by atoms with Gasteiger partial charge in [-0.2, -0.15) is 0 Å². The Bertz CT molecular complexity index is 632. The highest BCUT2D eigenvalue weighted by Gasteiger charge is 2.33. The molecule has 4 rings (SSSR count). The molecule has 3 aliphatic heterocycles. The normalized spacial score (nSPS) is 29.3. The van der Waals surface area contributed by atoms with Crippen LogP contribution in [0.5, 0.6) is 5.75 Å². The summed E-state index contributed by atoms with van der Waals surface area (Å²) < 4.78 is 5.52. The molecule has 4 nitrogen and oxygen atoms in total. The number of benzene rings is 1. The maximum absolute atomic E-state index is 12.5. The number of piperidine rings is 1. The molecule has 3 atom stereocenters. The van der Waals surface area contributed by atoms with E-state index in [9.17, 15) is 4.79 Å². The Hall–Kier alpha value is -1.52. The average molecular weight is 319 g/mol. The van der Waals surface area contributed by atoms with Crippen LogP contribution in [0, 0.1) is 5.92 Å². The summed E-state index contributed by atoms with van der Waals surface area (Å²) in [6, 6.07) is 5.71. The van der Waals surface area contributed by atoms with E-state index in [1.807, 2.05) is 18.2 Å². The molecule has 0 saturated carbocycles. The van der Waals surface area contributed by atoms with Crippen molar-refractivity contribution in [2.75, 3.05) is 26.2 Å². The first-order chi connectivity index (χ1) is 10.7. The number of rotatable bonds is 2. The minimum absolute atomic E-state index is 0.0228. The zero-order chi connectivity index (χ0) is 15.1. The maximum atomic E-state index is 12.5. The molecule has 3 heterocycles. The number of ether oxygens (including phenoxy) is 1. The highest BCUT2D eigenvalue weighted by Crippen LogP contribution is 2.33. The molecule has 2 saturated heterocycles. The topological polar surface area (TPSA) is 41.6 Å². The quantitative estimate of drug-likeness (QED) is 0.911. The first-order valence-electron chi connectivity index (χ1n) is 7.85. The van der Waals surface area contributed by atoms with Crippen molar-refractivity contribution >= 4 is 22.5 Å². The molecule has 3 aliphatic rings. The molecule has 1 amide bonds. The Morgan fingerprint density at radius 2 is 2.27 bits per heavy atom. The molecule has 0 spiro atoms. The monoisotopic (exact) mass is 318 g/mol. The Kier molecular flexibility index (Phi) is 3.59. The van der Waals surface area contributed by atoms with E-state index in [1.54, 1.807) is 6.07 Å². The summed E-state index contributed by atoms with van der Waals surface area (Å²) in [5, 5.41) is 3.82. The van der Waals surface area contributed by atoms with E-state index in [2.05, 4.69) is 10.2 Å². The van der Waals surface area contributed by atoms with Crippen LogP contribution in [0.15, 0.2) is 24.3 Å². The van der Waals surface area contributed by atoms with Crippen LogP contribution in [0.25, 0.3) is 5.03 Å². The second-order valence-corrected chi connectivity index (χ2v) is 6.80. The molecule has 116 valence electrons. The summed E-state index contributed by atoms with van der Waals surface area (Å²) in [7, 11) is 0. The summed E-state index contributed by atoms with van der Waals surface area (Å²) in [6.45, 7) is 3.82. The summed E-state index contributed by atoms with van der Waals surface area (Å²) >= 11 is 6.20. The van der Waals surface area contributed by atoms with Crippen LogP contribution in [0.2, 0.25) is 0 Å². The third-order valence-corrected chi connectivity index (χ3v) is 5.16. The lowest BCUT2D eigenvalue weighted by Gasteiger charge is -2.30. The first-order valence-corrected chi connectivity index (χ1v) is 8.23.